The van der Waals surface area contributed by atoms with Gasteiger partial charge in [0, 0.05) is 16.6 Å². The van der Waals surface area contributed by atoms with E-state index < -0.39 is 0 Å². The number of benzene rings is 2. The van der Waals surface area contributed by atoms with Gasteiger partial charge < -0.3 is 0 Å². The third kappa shape index (κ3) is 1.95. The van der Waals surface area contributed by atoms with E-state index in [1.165, 1.54) is 6.07 Å². The molecule has 3 heteroatoms. The lowest BCUT2D eigenvalue weighted by molar-refractivity contribution is 0.637. The Labute approximate surface area is 109 Å². The molecule has 3 aromatic rings. The van der Waals surface area contributed by atoms with Crippen LogP contribution in [0.3, 0.4) is 0 Å². The molecule has 0 amide bonds. The molecule has 0 radical (unpaired) electrons. The van der Waals surface area contributed by atoms with Gasteiger partial charge in [0.25, 0.3) is 0 Å². The fourth-order valence-corrected chi connectivity index (χ4v) is 2.08. The van der Waals surface area contributed by atoms with E-state index in [4.69, 9.17) is 11.6 Å². The van der Waals surface area contributed by atoms with Crippen molar-refractivity contribution in [2.24, 2.45) is 0 Å². The summed E-state index contributed by atoms with van der Waals surface area (Å²) in [5.74, 6) is -0.307. The Kier molecular flexibility index (Phi) is 2.73. The molecule has 2 aromatic carbocycles. The zero-order chi connectivity index (χ0) is 12.5. The van der Waals surface area contributed by atoms with E-state index in [-0.39, 0.29) is 5.82 Å². The van der Waals surface area contributed by atoms with Crippen LogP contribution in [0.5, 0.6) is 0 Å². The van der Waals surface area contributed by atoms with Gasteiger partial charge in [-0.25, -0.2) is 4.39 Å². The van der Waals surface area contributed by atoms with Crippen molar-refractivity contribution in [1.82, 2.24) is 4.98 Å². The van der Waals surface area contributed by atoms with Gasteiger partial charge in [-0.15, -0.1) is 0 Å². The van der Waals surface area contributed by atoms with Crippen LogP contribution in [0.4, 0.5) is 4.39 Å². The van der Waals surface area contributed by atoms with Crippen LogP contribution in [0.25, 0.3) is 22.0 Å². The van der Waals surface area contributed by atoms with Crippen LogP contribution >= 0.6 is 11.6 Å². The molecule has 0 aliphatic heterocycles. The highest BCUT2D eigenvalue weighted by Crippen LogP contribution is 2.26. The quantitative estimate of drug-likeness (QED) is 0.616. The fourth-order valence-electron chi connectivity index (χ4n) is 1.96. The minimum atomic E-state index is -0.307. The summed E-state index contributed by atoms with van der Waals surface area (Å²) in [4.78, 5) is 4.03. The summed E-state index contributed by atoms with van der Waals surface area (Å²) in [6, 6.07) is 14.4. The van der Waals surface area contributed by atoms with Crippen LogP contribution in [0, 0.1) is 5.82 Å². The van der Waals surface area contributed by atoms with Crippen molar-refractivity contribution in [2.75, 3.05) is 0 Å². The molecule has 3 rings (SSSR count). The first-order chi connectivity index (χ1) is 8.74. The van der Waals surface area contributed by atoms with Gasteiger partial charge in [-0.3, -0.25) is 4.98 Å². The third-order valence-electron chi connectivity index (χ3n) is 2.84. The van der Waals surface area contributed by atoms with E-state index in [0.717, 1.165) is 16.5 Å². The van der Waals surface area contributed by atoms with Gasteiger partial charge in [-0.05, 0) is 41.5 Å². The zero-order valence-electron chi connectivity index (χ0n) is 9.40. The Morgan fingerprint density at radius 2 is 1.72 bits per heavy atom. The Balaban J connectivity index is 2.21. The molecule has 0 aliphatic rings. The smallest absolute Gasteiger partial charge is 0.150 e. The van der Waals surface area contributed by atoms with Crippen molar-refractivity contribution < 1.29 is 4.39 Å². The predicted octanol–water partition coefficient (Wildman–Crippen LogP) is 4.69. The molecule has 0 N–H and O–H groups in total. The molecule has 0 unspecified atom stereocenters. The van der Waals surface area contributed by atoms with E-state index in [2.05, 4.69) is 4.98 Å². The van der Waals surface area contributed by atoms with Crippen LogP contribution in [-0.4, -0.2) is 4.98 Å². The van der Waals surface area contributed by atoms with Gasteiger partial charge in [0.05, 0.1) is 0 Å². The molecule has 1 heterocycles. The van der Waals surface area contributed by atoms with Crippen molar-refractivity contribution >= 4 is 22.5 Å². The average molecular weight is 258 g/mol. The van der Waals surface area contributed by atoms with Crippen LogP contribution in [0.1, 0.15) is 0 Å². The number of rotatable bonds is 1. The number of nitrogens with zero attached hydrogens (tertiary/aromatic N) is 1. The van der Waals surface area contributed by atoms with E-state index in [9.17, 15) is 4.39 Å². The lowest BCUT2D eigenvalue weighted by atomic mass is 10.0. The van der Waals surface area contributed by atoms with E-state index >= 15 is 0 Å². The maximum atomic E-state index is 13.9. The lowest BCUT2D eigenvalue weighted by Gasteiger charge is -2.05. The number of aromatic nitrogens is 1. The molecule has 0 fully saturated rings. The van der Waals surface area contributed by atoms with E-state index in [1.807, 2.05) is 24.3 Å². The highest BCUT2D eigenvalue weighted by atomic mass is 35.5. The number of fused-ring (bicyclic) bond motifs is 1. The van der Waals surface area contributed by atoms with Crippen molar-refractivity contribution in [3.63, 3.8) is 0 Å². The van der Waals surface area contributed by atoms with Gasteiger partial charge in [0.2, 0.25) is 0 Å². The topological polar surface area (TPSA) is 12.9 Å². The first kappa shape index (κ1) is 11.2. The van der Waals surface area contributed by atoms with Gasteiger partial charge >= 0.3 is 0 Å². The standard InChI is InChI=1S/C15H9ClFN/c16-13-5-3-10(4-6-13)12-8-11-2-1-7-18-15(11)14(17)9-12/h1-9H. The minimum Gasteiger partial charge on any atom is -0.253 e. The predicted molar refractivity (Wildman–Crippen MR) is 72.1 cm³/mol. The van der Waals surface area contributed by atoms with Gasteiger partial charge in [-0.2, -0.15) is 0 Å². The zero-order valence-corrected chi connectivity index (χ0v) is 10.2. The van der Waals surface area contributed by atoms with Gasteiger partial charge in [0.1, 0.15) is 11.3 Å². The third-order valence-corrected chi connectivity index (χ3v) is 3.09. The second-order valence-electron chi connectivity index (χ2n) is 4.04. The number of hydrogen-bond donors (Lipinski definition) is 0. The average Bonchev–Trinajstić information content (AvgIpc) is 2.39. The highest BCUT2D eigenvalue weighted by Gasteiger charge is 2.06. The van der Waals surface area contributed by atoms with Gasteiger partial charge in [-0.1, -0.05) is 29.8 Å². The van der Waals surface area contributed by atoms with Crippen molar-refractivity contribution in [2.45, 2.75) is 0 Å². The second kappa shape index (κ2) is 4.39. The molecule has 0 aliphatic carbocycles. The monoisotopic (exact) mass is 257 g/mol. The lowest BCUT2D eigenvalue weighted by Crippen LogP contribution is -1.86. The summed E-state index contributed by atoms with van der Waals surface area (Å²) in [6.45, 7) is 0. The van der Waals surface area contributed by atoms with Crippen LogP contribution in [-0.2, 0) is 0 Å². The number of hydrogen-bond acceptors (Lipinski definition) is 1. The Morgan fingerprint density at radius 3 is 2.50 bits per heavy atom. The largest absolute Gasteiger partial charge is 0.253 e. The summed E-state index contributed by atoms with van der Waals surface area (Å²) in [5, 5.41) is 1.46. The highest BCUT2D eigenvalue weighted by molar-refractivity contribution is 6.30. The Hall–Kier alpha value is -1.93. The molecule has 1 nitrogen and oxygen atoms in total. The van der Waals surface area contributed by atoms with Crippen molar-refractivity contribution in [1.29, 1.82) is 0 Å². The maximum Gasteiger partial charge on any atom is 0.150 e. The summed E-state index contributed by atoms with van der Waals surface area (Å²) in [7, 11) is 0. The summed E-state index contributed by atoms with van der Waals surface area (Å²) in [6.07, 6.45) is 1.59. The fraction of sp³-hybridized carbons (Fsp3) is 0. The second-order valence-corrected chi connectivity index (χ2v) is 4.48. The van der Waals surface area contributed by atoms with Crippen LogP contribution in [0.15, 0.2) is 54.7 Å². The number of halogens is 2. The summed E-state index contributed by atoms with van der Waals surface area (Å²) >= 11 is 5.84. The maximum absolute atomic E-state index is 13.9. The molecule has 1 aromatic heterocycles. The number of pyridine rings is 1. The Bertz CT molecular complexity index is 707. The van der Waals surface area contributed by atoms with Crippen molar-refractivity contribution in [3.8, 4) is 11.1 Å². The molecule has 0 spiro atoms. The van der Waals surface area contributed by atoms with Crippen LogP contribution < -0.4 is 0 Å². The van der Waals surface area contributed by atoms with Gasteiger partial charge in [0.15, 0.2) is 0 Å². The molecule has 88 valence electrons. The molecular weight excluding hydrogens is 249 g/mol. The summed E-state index contributed by atoms with van der Waals surface area (Å²) < 4.78 is 13.9. The minimum absolute atomic E-state index is 0.307. The first-order valence-corrected chi connectivity index (χ1v) is 5.92. The normalized spacial score (nSPS) is 10.8. The molecular formula is C15H9ClFN. The van der Waals surface area contributed by atoms with E-state index in [1.54, 1.807) is 24.4 Å². The van der Waals surface area contributed by atoms with Crippen LogP contribution in [0.2, 0.25) is 5.02 Å². The molecule has 0 atom stereocenters. The summed E-state index contributed by atoms with van der Waals surface area (Å²) in [5.41, 5.74) is 2.16. The molecule has 0 bridgehead atoms. The molecule has 0 saturated heterocycles. The molecule has 18 heavy (non-hydrogen) atoms. The first-order valence-electron chi connectivity index (χ1n) is 5.54. The SMILES string of the molecule is Fc1cc(-c2ccc(Cl)cc2)cc2cccnc12. The molecule has 0 saturated carbocycles. The van der Waals surface area contributed by atoms with Crippen molar-refractivity contribution in [3.05, 3.63) is 65.6 Å². The van der Waals surface area contributed by atoms with E-state index in [0.29, 0.717) is 10.5 Å². The Morgan fingerprint density at radius 1 is 0.944 bits per heavy atom.